The van der Waals surface area contributed by atoms with Gasteiger partial charge in [-0.3, -0.25) is 38.6 Å². The summed E-state index contributed by atoms with van der Waals surface area (Å²) in [4.78, 5) is 71.8. The van der Waals surface area contributed by atoms with Crippen LogP contribution >= 0.6 is 0 Å². The third kappa shape index (κ3) is 11.1. The van der Waals surface area contributed by atoms with E-state index in [1.165, 1.54) is 0 Å². The fraction of sp³-hybridized carbons (Fsp3) is 0.583. The maximum absolute atomic E-state index is 12.0. The fourth-order valence-corrected chi connectivity index (χ4v) is 18.3. The highest BCUT2D eigenvalue weighted by molar-refractivity contribution is 6.87. The Hall–Kier alpha value is -2.73. The summed E-state index contributed by atoms with van der Waals surface area (Å²) in [5.41, 5.74) is 0. The third-order valence-corrected chi connectivity index (χ3v) is 17.3. The van der Waals surface area contributed by atoms with E-state index in [0.29, 0.717) is 12.8 Å². The Kier molecular flexibility index (Phi) is 11.3. The van der Waals surface area contributed by atoms with Crippen molar-refractivity contribution < 1.29 is 46.5 Å². The Bertz CT molecular complexity index is 939. The fourth-order valence-electron chi connectivity index (χ4n) is 4.34. The average molecular weight is 599 g/mol. The Labute approximate surface area is 231 Å². The average Bonchev–Trinajstić information content (AvgIpc) is 3.28. The van der Waals surface area contributed by atoms with Crippen LogP contribution in [0.1, 0.15) is 12.8 Å². The van der Waals surface area contributed by atoms with Gasteiger partial charge >= 0.3 is 20.5 Å². The van der Waals surface area contributed by atoms with E-state index in [1.807, 2.05) is 13.1 Å². The van der Waals surface area contributed by atoms with Gasteiger partial charge in [-0.15, -0.1) is 0 Å². The van der Waals surface area contributed by atoms with Crippen molar-refractivity contribution in [3.8, 4) is 0 Å². The number of hydrogen-bond acceptors (Lipinski definition) is 10. The number of carbonyl (C=O) groups excluding carboxylic acids is 6. The van der Waals surface area contributed by atoms with Gasteiger partial charge in [-0.05, 0) is 64.2 Å². The van der Waals surface area contributed by atoms with E-state index in [1.54, 1.807) is 0 Å². The van der Waals surface area contributed by atoms with Crippen molar-refractivity contribution in [1.29, 1.82) is 0 Å². The maximum atomic E-state index is 12.0. The summed E-state index contributed by atoms with van der Waals surface area (Å²) in [5.74, 6) is -3.36. The zero-order valence-electron chi connectivity index (χ0n) is 23.4. The molecule has 4 amide bonds. The van der Waals surface area contributed by atoms with Gasteiger partial charge in [-0.2, -0.15) is 0 Å². The van der Waals surface area contributed by atoms with Gasteiger partial charge in [-0.1, -0.05) is 0 Å². The second-order valence-corrected chi connectivity index (χ2v) is 23.4. The molecule has 0 radical (unpaired) electrons. The number of imide groups is 2. The van der Waals surface area contributed by atoms with Crippen molar-refractivity contribution in [3.63, 3.8) is 0 Å². The van der Waals surface area contributed by atoms with Gasteiger partial charge in [0.25, 0.3) is 23.6 Å². The molecule has 0 saturated carbocycles. The number of esters is 2. The molecule has 0 bridgehead atoms. The molecule has 0 atom stereocenters. The summed E-state index contributed by atoms with van der Waals surface area (Å²) in [7, 11) is -6.78. The van der Waals surface area contributed by atoms with E-state index >= 15 is 0 Å². The summed E-state index contributed by atoms with van der Waals surface area (Å²) < 4.78 is 23.4. The quantitative estimate of drug-likeness (QED) is 0.112. The molecule has 15 heteroatoms. The number of hydrogen-bond donors (Lipinski definition) is 0. The first-order valence-corrected chi connectivity index (χ1v) is 21.8. The van der Waals surface area contributed by atoms with Crippen LogP contribution in [0.25, 0.3) is 0 Å². The summed E-state index contributed by atoms with van der Waals surface area (Å²) in [5, 5.41) is 0. The van der Waals surface area contributed by atoms with Crippen LogP contribution in [0.5, 0.6) is 0 Å². The zero-order chi connectivity index (χ0) is 29.4. The number of carbonyl (C=O) groups is 6. The molecule has 12 nitrogen and oxygen atoms in total. The van der Waals surface area contributed by atoms with Gasteiger partial charge < -0.3 is 17.7 Å². The van der Waals surface area contributed by atoms with Crippen molar-refractivity contribution in [1.82, 2.24) is 9.80 Å². The Balaban J connectivity index is 1.66. The van der Waals surface area contributed by atoms with E-state index in [0.717, 1.165) is 46.2 Å². The Morgan fingerprint density at radius 3 is 1.23 bits per heavy atom. The van der Waals surface area contributed by atoms with Gasteiger partial charge in [0.2, 0.25) is 0 Å². The summed E-state index contributed by atoms with van der Waals surface area (Å²) in [6.45, 7) is 11.9. The predicted molar refractivity (Wildman–Crippen MR) is 147 cm³/mol. The Morgan fingerprint density at radius 1 is 0.615 bits per heavy atom. The number of rotatable bonds is 16. The highest BCUT2D eigenvalue weighted by Crippen LogP contribution is 2.26. The SMILES string of the molecule is C[Si](C)(CCCOC(=O)CN1C(=O)C=CC1=O)O[Si](C)(C)O[Si](C)(C)CCCOC(=O)CN1C(=O)C=CC1=O. The van der Waals surface area contributed by atoms with Crippen LogP contribution in [-0.2, 0) is 46.5 Å². The van der Waals surface area contributed by atoms with Gasteiger partial charge in [0, 0.05) is 24.3 Å². The molecular weight excluding hydrogens is 561 g/mol. The minimum atomic E-state index is -2.49. The van der Waals surface area contributed by atoms with Crippen LogP contribution in [0.2, 0.25) is 51.4 Å². The molecule has 0 fully saturated rings. The maximum Gasteiger partial charge on any atom is 0.326 e. The smallest absolute Gasteiger partial charge is 0.326 e. The molecule has 39 heavy (non-hydrogen) atoms. The second kappa shape index (κ2) is 13.6. The van der Waals surface area contributed by atoms with Crippen LogP contribution in [0.4, 0.5) is 0 Å². The van der Waals surface area contributed by atoms with E-state index in [9.17, 15) is 28.8 Å². The highest BCUT2D eigenvalue weighted by atomic mass is 28.5. The van der Waals surface area contributed by atoms with E-state index < -0.39 is 73.9 Å². The predicted octanol–water partition coefficient (Wildman–Crippen LogP) is 1.85. The summed E-state index contributed by atoms with van der Waals surface area (Å²) >= 11 is 0. The molecule has 0 N–H and O–H groups in total. The molecule has 0 spiro atoms. The third-order valence-electron chi connectivity index (χ3n) is 5.79. The molecule has 0 aliphatic carbocycles. The molecule has 0 aromatic carbocycles. The minimum Gasteiger partial charge on any atom is -0.464 e. The minimum absolute atomic E-state index is 0.167. The lowest BCUT2D eigenvalue weighted by molar-refractivity contribution is -0.151. The largest absolute Gasteiger partial charge is 0.464 e. The molecular formula is C24H38N2O10Si3. The van der Waals surface area contributed by atoms with Gasteiger partial charge in [0.15, 0.2) is 16.6 Å². The van der Waals surface area contributed by atoms with Crippen LogP contribution < -0.4 is 0 Å². The van der Waals surface area contributed by atoms with Crippen molar-refractivity contribution in [2.24, 2.45) is 0 Å². The molecule has 216 valence electrons. The van der Waals surface area contributed by atoms with Gasteiger partial charge in [0.1, 0.15) is 13.1 Å². The lowest BCUT2D eigenvalue weighted by atomic mass is 10.5. The molecule has 2 rings (SSSR count). The lowest BCUT2D eigenvalue weighted by Gasteiger charge is -2.38. The topological polar surface area (TPSA) is 146 Å². The molecule has 0 unspecified atom stereocenters. The van der Waals surface area contributed by atoms with Gasteiger partial charge in [0.05, 0.1) is 13.2 Å². The second-order valence-electron chi connectivity index (χ2n) is 11.0. The molecule has 2 heterocycles. The van der Waals surface area contributed by atoms with Crippen molar-refractivity contribution in [2.45, 2.75) is 64.2 Å². The molecule has 2 aliphatic rings. The van der Waals surface area contributed by atoms with Crippen molar-refractivity contribution >= 4 is 60.8 Å². The molecule has 2 aliphatic heterocycles. The highest BCUT2D eigenvalue weighted by Gasteiger charge is 2.39. The monoisotopic (exact) mass is 598 g/mol. The van der Waals surface area contributed by atoms with E-state index in [4.69, 9.17) is 17.7 Å². The Morgan fingerprint density at radius 2 is 0.923 bits per heavy atom. The van der Waals surface area contributed by atoms with E-state index in [2.05, 4.69) is 26.2 Å². The van der Waals surface area contributed by atoms with Crippen LogP contribution in [0, 0.1) is 0 Å². The number of amides is 4. The summed E-state index contributed by atoms with van der Waals surface area (Å²) in [6, 6.07) is 1.47. The van der Waals surface area contributed by atoms with Gasteiger partial charge in [-0.25, -0.2) is 0 Å². The van der Waals surface area contributed by atoms with Crippen molar-refractivity contribution in [3.05, 3.63) is 24.3 Å². The van der Waals surface area contributed by atoms with Crippen LogP contribution in [-0.4, -0.2) is 96.9 Å². The summed E-state index contributed by atoms with van der Waals surface area (Å²) in [6.07, 6.45) is 5.67. The van der Waals surface area contributed by atoms with E-state index in [-0.39, 0.29) is 13.2 Å². The normalized spacial score (nSPS) is 16.1. The molecule has 0 aromatic heterocycles. The van der Waals surface area contributed by atoms with Crippen molar-refractivity contribution in [2.75, 3.05) is 26.3 Å². The van der Waals surface area contributed by atoms with Crippen LogP contribution in [0.3, 0.4) is 0 Å². The van der Waals surface area contributed by atoms with Crippen LogP contribution in [0.15, 0.2) is 24.3 Å². The first-order chi connectivity index (χ1) is 18.0. The lowest BCUT2D eigenvalue weighted by Crippen LogP contribution is -2.52. The molecule has 0 aromatic rings. The molecule has 0 saturated heterocycles. The first-order valence-electron chi connectivity index (χ1n) is 12.8. The first kappa shape index (κ1) is 32.5. The number of nitrogens with zero attached hydrogens (tertiary/aromatic N) is 2. The zero-order valence-corrected chi connectivity index (χ0v) is 26.4. The standard InChI is InChI=1S/C24H38N2O10Si3/c1-37(2,15-7-13-33-23(31)17-25-19(27)9-10-20(25)28)35-39(5,6)36-38(3,4)16-8-14-34-24(32)18-26-21(29)11-12-22(26)30/h9-12H,7-8,13-18H2,1-6H3. The number of ether oxygens (including phenoxy) is 2.